The molecule has 1 aromatic heterocycles. The molecular weight excluding hydrogens is 575 g/mol. The van der Waals surface area contributed by atoms with Crippen LogP contribution < -0.4 is 0 Å². The second-order valence-corrected chi connectivity index (χ2v) is 4.60. The van der Waals surface area contributed by atoms with E-state index in [1.807, 2.05) is 0 Å². The molecule has 0 aliphatic carbocycles. The summed E-state index contributed by atoms with van der Waals surface area (Å²) in [5.74, 6) is 0. The van der Waals surface area contributed by atoms with E-state index in [2.05, 4.69) is 48.3 Å². The van der Waals surface area contributed by atoms with Crippen molar-refractivity contribution in [2.75, 3.05) is 0 Å². The van der Waals surface area contributed by atoms with Crippen molar-refractivity contribution in [2.45, 2.75) is 6.92 Å². The van der Waals surface area contributed by atoms with Crippen LogP contribution in [0.1, 0.15) is 5.01 Å². The van der Waals surface area contributed by atoms with Gasteiger partial charge in [0.25, 0.3) is 0 Å². The van der Waals surface area contributed by atoms with Crippen molar-refractivity contribution >= 4 is 32.3 Å². The van der Waals surface area contributed by atoms with Gasteiger partial charge in [-0.2, -0.15) is 0 Å². The van der Waals surface area contributed by atoms with E-state index in [0.29, 0.717) is 0 Å². The smallest absolute Gasteiger partial charge is 0.241 e. The van der Waals surface area contributed by atoms with Crippen LogP contribution >= 0.6 is 11.3 Å². The fraction of sp³-hybridized carbons (Fsp3) is 0.0833. The number of benzene rings is 2. The van der Waals surface area contributed by atoms with Gasteiger partial charge in [0.05, 0.1) is 15.2 Å². The molecule has 4 heteroatoms. The van der Waals surface area contributed by atoms with Crippen LogP contribution in [0.3, 0.4) is 0 Å². The molecule has 0 amide bonds. The van der Waals surface area contributed by atoms with Crippen molar-refractivity contribution in [3.8, 4) is 0 Å². The summed E-state index contributed by atoms with van der Waals surface area (Å²) in [5, 5.41) is 3.66. The van der Waals surface area contributed by atoms with E-state index in [1.165, 1.54) is 15.5 Å². The quantitative estimate of drug-likeness (QED) is 0.393. The number of hydrogen-bond donors (Lipinski definition) is 0. The molecule has 16 heavy (non-hydrogen) atoms. The third kappa shape index (κ3) is 2.27. The van der Waals surface area contributed by atoms with Gasteiger partial charge in [-0.1, -0.05) is 30.3 Å². The average molecular weight is 584 g/mol. The topological polar surface area (TPSA) is 12.9 Å². The molecule has 80 valence electrons. The van der Waals surface area contributed by atoms with Crippen LogP contribution in [0.4, 0.5) is 0 Å². The van der Waals surface area contributed by atoms with Crippen molar-refractivity contribution in [3.05, 3.63) is 41.4 Å². The van der Waals surface area contributed by atoms with Gasteiger partial charge in [0.2, 0.25) is 0 Å². The Kier molecular flexibility index (Phi) is 4.78. The SMILES string of the molecule is Cc1nc2c(ccc3ccccc32)s1.[Ir+3].[Ir+3]. The first-order valence-electron chi connectivity index (χ1n) is 4.59. The van der Waals surface area contributed by atoms with Gasteiger partial charge in [-0.05, 0) is 18.4 Å². The number of fused-ring (bicyclic) bond motifs is 3. The van der Waals surface area contributed by atoms with Gasteiger partial charge in [-0.25, -0.2) is 4.98 Å². The first-order chi connectivity index (χ1) is 6.84. The van der Waals surface area contributed by atoms with E-state index < -0.39 is 0 Å². The molecule has 0 saturated heterocycles. The number of aryl methyl sites for hydroxylation is 1. The molecule has 0 fully saturated rings. The summed E-state index contributed by atoms with van der Waals surface area (Å²) >= 11 is 1.76. The predicted octanol–water partition coefficient (Wildman–Crippen LogP) is 3.75. The van der Waals surface area contributed by atoms with Gasteiger partial charge >= 0.3 is 40.2 Å². The van der Waals surface area contributed by atoms with Gasteiger partial charge in [-0.15, -0.1) is 11.3 Å². The van der Waals surface area contributed by atoms with Gasteiger partial charge in [0, 0.05) is 5.39 Å². The van der Waals surface area contributed by atoms with Crippen molar-refractivity contribution in [1.29, 1.82) is 0 Å². The van der Waals surface area contributed by atoms with Crippen LogP contribution in [0, 0.1) is 6.92 Å². The summed E-state index contributed by atoms with van der Waals surface area (Å²) < 4.78 is 1.28. The van der Waals surface area contributed by atoms with Crippen molar-refractivity contribution < 1.29 is 40.2 Å². The molecule has 0 aliphatic rings. The van der Waals surface area contributed by atoms with E-state index in [0.717, 1.165) is 10.5 Å². The predicted molar refractivity (Wildman–Crippen MR) is 61.9 cm³/mol. The first kappa shape index (κ1) is 14.0. The maximum Gasteiger partial charge on any atom is 3.00 e. The van der Waals surface area contributed by atoms with E-state index in [4.69, 9.17) is 0 Å². The summed E-state index contributed by atoms with van der Waals surface area (Å²) in [7, 11) is 0. The Balaban J connectivity index is 0.000000640. The Hall–Kier alpha value is -0.111. The summed E-state index contributed by atoms with van der Waals surface area (Å²) in [6.45, 7) is 2.06. The molecule has 0 bridgehead atoms. The Morgan fingerprint density at radius 3 is 2.56 bits per heavy atom. The van der Waals surface area contributed by atoms with Crippen LogP contribution in [-0.4, -0.2) is 4.98 Å². The van der Waals surface area contributed by atoms with Crippen LogP contribution in [0.15, 0.2) is 36.4 Å². The molecule has 0 saturated carbocycles. The Bertz CT molecular complexity index is 619. The number of thiazole rings is 1. The maximum atomic E-state index is 4.56. The van der Waals surface area contributed by atoms with Gasteiger partial charge in [-0.3, -0.25) is 0 Å². The third-order valence-corrected chi connectivity index (χ3v) is 3.33. The average Bonchev–Trinajstić information content (AvgIpc) is 2.59. The summed E-state index contributed by atoms with van der Waals surface area (Å²) in [5.41, 5.74) is 1.14. The summed E-state index contributed by atoms with van der Waals surface area (Å²) in [6.07, 6.45) is 0. The second-order valence-electron chi connectivity index (χ2n) is 3.37. The molecule has 3 rings (SSSR count). The van der Waals surface area contributed by atoms with E-state index >= 15 is 0 Å². The zero-order valence-corrected chi connectivity index (χ0v) is 14.1. The monoisotopic (exact) mass is 585 g/mol. The molecule has 1 nitrogen and oxygen atoms in total. The Labute approximate surface area is 125 Å². The van der Waals surface area contributed by atoms with Gasteiger partial charge in [0.15, 0.2) is 0 Å². The fourth-order valence-electron chi connectivity index (χ4n) is 1.77. The molecule has 0 atom stereocenters. The Morgan fingerprint density at radius 1 is 1.00 bits per heavy atom. The molecule has 2 aromatic carbocycles. The summed E-state index contributed by atoms with van der Waals surface area (Å²) in [4.78, 5) is 4.56. The molecule has 0 spiro atoms. The maximum absolute atomic E-state index is 4.56. The molecule has 0 radical (unpaired) electrons. The largest absolute Gasteiger partial charge is 3.00 e. The minimum absolute atomic E-state index is 0. The van der Waals surface area contributed by atoms with Gasteiger partial charge < -0.3 is 0 Å². The third-order valence-electron chi connectivity index (χ3n) is 2.39. The molecule has 0 N–H and O–H groups in total. The van der Waals surface area contributed by atoms with Gasteiger partial charge in [0.1, 0.15) is 0 Å². The fourth-order valence-corrected chi connectivity index (χ4v) is 2.62. The minimum Gasteiger partial charge on any atom is -0.241 e. The van der Waals surface area contributed by atoms with Crippen LogP contribution in [0.5, 0.6) is 0 Å². The summed E-state index contributed by atoms with van der Waals surface area (Å²) in [6, 6.07) is 12.7. The molecular formula is C12H9Ir2NS+6. The molecule has 0 aliphatic heterocycles. The number of hydrogen-bond acceptors (Lipinski definition) is 2. The first-order valence-corrected chi connectivity index (χ1v) is 5.41. The zero-order valence-electron chi connectivity index (χ0n) is 8.49. The van der Waals surface area contributed by atoms with E-state index in [9.17, 15) is 0 Å². The van der Waals surface area contributed by atoms with Crippen LogP contribution in [-0.2, 0) is 40.2 Å². The van der Waals surface area contributed by atoms with Crippen molar-refractivity contribution in [2.24, 2.45) is 0 Å². The van der Waals surface area contributed by atoms with E-state index in [-0.39, 0.29) is 40.2 Å². The standard InChI is InChI=1S/C12H9NS.2Ir/c1-8-13-12-10-5-3-2-4-9(10)6-7-11(12)14-8;;/h2-7H,1H3;;/q;2*+3. The number of nitrogens with zero attached hydrogens (tertiary/aromatic N) is 1. The minimum atomic E-state index is 0. The van der Waals surface area contributed by atoms with Crippen LogP contribution in [0.2, 0.25) is 0 Å². The Morgan fingerprint density at radius 2 is 1.75 bits per heavy atom. The van der Waals surface area contributed by atoms with Crippen molar-refractivity contribution in [1.82, 2.24) is 4.98 Å². The van der Waals surface area contributed by atoms with Crippen LogP contribution in [0.25, 0.3) is 21.0 Å². The molecule has 0 unspecified atom stereocenters. The normalized spacial score (nSPS) is 9.81. The number of rotatable bonds is 0. The molecule has 1 heterocycles. The second kappa shape index (κ2) is 5.48. The molecule has 3 aromatic rings. The van der Waals surface area contributed by atoms with Crippen molar-refractivity contribution in [3.63, 3.8) is 0 Å². The zero-order chi connectivity index (χ0) is 9.54. The number of aromatic nitrogens is 1. The van der Waals surface area contributed by atoms with E-state index in [1.54, 1.807) is 11.3 Å².